The van der Waals surface area contributed by atoms with Crippen LogP contribution in [0.1, 0.15) is 19.0 Å². The summed E-state index contributed by atoms with van der Waals surface area (Å²) in [4.78, 5) is 10.9. The van der Waals surface area contributed by atoms with Crippen molar-refractivity contribution < 1.29 is 9.53 Å². The Bertz CT molecular complexity index is 293. The Kier molecular flexibility index (Phi) is 4.40. The Hall–Kier alpha value is -1.65. The van der Waals surface area contributed by atoms with Crippen molar-refractivity contribution in [2.24, 2.45) is 0 Å². The minimum atomic E-state index is -0.298. The molecule has 0 aliphatic carbocycles. The number of ether oxygens (including phenoxy) is 1. The summed E-state index contributed by atoms with van der Waals surface area (Å²) in [5.74, 6) is -0.298. The van der Waals surface area contributed by atoms with Gasteiger partial charge in [0, 0.05) is 12.3 Å². The Morgan fingerprint density at radius 1 is 1.71 bits per heavy atom. The zero-order chi connectivity index (χ0) is 10.2. The molecule has 1 rings (SSSR count). The van der Waals surface area contributed by atoms with E-state index in [-0.39, 0.29) is 5.97 Å². The van der Waals surface area contributed by atoms with Crippen LogP contribution in [0.2, 0.25) is 0 Å². The summed E-state index contributed by atoms with van der Waals surface area (Å²) >= 11 is 0. The lowest BCUT2D eigenvalue weighted by Crippen LogP contribution is -1.98. The molecule has 1 aromatic rings. The number of rotatable bonds is 5. The second-order valence-corrected chi connectivity index (χ2v) is 2.66. The number of aromatic amines is 1. The third kappa shape index (κ3) is 3.84. The van der Waals surface area contributed by atoms with Gasteiger partial charge in [0.25, 0.3) is 0 Å². The fraction of sp³-hybridized carbons (Fsp3) is 0.444. The van der Waals surface area contributed by atoms with Crippen LogP contribution in [0.5, 0.6) is 0 Å². The van der Waals surface area contributed by atoms with E-state index in [0.29, 0.717) is 6.61 Å². The molecule has 5 nitrogen and oxygen atoms in total. The van der Waals surface area contributed by atoms with E-state index in [9.17, 15) is 4.79 Å². The van der Waals surface area contributed by atoms with Crippen molar-refractivity contribution in [1.82, 2.24) is 15.4 Å². The van der Waals surface area contributed by atoms with Crippen molar-refractivity contribution >= 4 is 5.97 Å². The van der Waals surface area contributed by atoms with Gasteiger partial charge in [0.15, 0.2) is 0 Å². The second-order valence-electron chi connectivity index (χ2n) is 2.66. The standard InChI is InChI=1S/C9H13N3O2/c1-2-14-9(13)6-4-3-5-8-7-10-12-11-8/h4,6-7H,2-3,5H2,1H3,(H,10,11,12)/b6-4+. The minimum absolute atomic E-state index is 0.298. The highest BCUT2D eigenvalue weighted by Crippen LogP contribution is 1.96. The van der Waals surface area contributed by atoms with E-state index in [2.05, 4.69) is 15.4 Å². The molecular weight excluding hydrogens is 182 g/mol. The first-order valence-electron chi connectivity index (χ1n) is 4.51. The molecule has 1 aromatic heterocycles. The SMILES string of the molecule is CCOC(=O)/C=C/CCc1c[nH]nn1. The molecule has 0 radical (unpaired) electrons. The molecular formula is C9H13N3O2. The summed E-state index contributed by atoms with van der Waals surface area (Å²) in [6.45, 7) is 2.19. The molecule has 1 heterocycles. The van der Waals surface area contributed by atoms with Gasteiger partial charge in [0.2, 0.25) is 0 Å². The lowest BCUT2D eigenvalue weighted by molar-refractivity contribution is -0.137. The number of nitrogens with zero attached hydrogens (tertiary/aromatic N) is 2. The molecule has 0 aromatic carbocycles. The topological polar surface area (TPSA) is 67.9 Å². The largest absolute Gasteiger partial charge is 0.463 e. The molecule has 0 bridgehead atoms. The molecule has 1 N–H and O–H groups in total. The number of carbonyl (C=O) groups is 1. The highest BCUT2D eigenvalue weighted by molar-refractivity contribution is 5.81. The van der Waals surface area contributed by atoms with Gasteiger partial charge in [-0.25, -0.2) is 4.79 Å². The first-order valence-corrected chi connectivity index (χ1v) is 4.51. The van der Waals surface area contributed by atoms with Gasteiger partial charge in [0.05, 0.1) is 12.3 Å². The number of H-pyrrole nitrogens is 1. The number of aryl methyl sites for hydroxylation is 1. The fourth-order valence-electron chi connectivity index (χ4n) is 0.949. The van der Waals surface area contributed by atoms with Crippen LogP contribution in [0.4, 0.5) is 0 Å². The quantitative estimate of drug-likeness (QED) is 0.558. The summed E-state index contributed by atoms with van der Waals surface area (Å²) in [6.07, 6.45) is 6.46. The molecule has 0 aliphatic rings. The minimum Gasteiger partial charge on any atom is -0.463 e. The van der Waals surface area contributed by atoms with Crippen LogP contribution in [0.3, 0.4) is 0 Å². The number of hydrogen-bond donors (Lipinski definition) is 1. The third-order valence-electron chi connectivity index (χ3n) is 1.58. The highest BCUT2D eigenvalue weighted by Gasteiger charge is 1.95. The number of esters is 1. The van der Waals surface area contributed by atoms with Gasteiger partial charge in [-0.2, -0.15) is 0 Å². The maximum atomic E-state index is 10.9. The summed E-state index contributed by atoms with van der Waals surface area (Å²) in [5, 5.41) is 10.0. The maximum Gasteiger partial charge on any atom is 0.330 e. The zero-order valence-corrected chi connectivity index (χ0v) is 8.06. The van der Waals surface area contributed by atoms with E-state index in [1.165, 1.54) is 6.08 Å². The van der Waals surface area contributed by atoms with Gasteiger partial charge in [-0.3, -0.25) is 5.10 Å². The van der Waals surface area contributed by atoms with Crippen molar-refractivity contribution in [3.63, 3.8) is 0 Å². The fourth-order valence-corrected chi connectivity index (χ4v) is 0.949. The molecule has 0 aliphatic heterocycles. The summed E-state index contributed by atoms with van der Waals surface area (Å²) < 4.78 is 4.72. The third-order valence-corrected chi connectivity index (χ3v) is 1.58. The van der Waals surface area contributed by atoms with Gasteiger partial charge in [-0.15, -0.1) is 5.10 Å². The van der Waals surface area contributed by atoms with Crippen LogP contribution < -0.4 is 0 Å². The van der Waals surface area contributed by atoms with Crippen molar-refractivity contribution in [3.8, 4) is 0 Å². The zero-order valence-electron chi connectivity index (χ0n) is 8.06. The summed E-state index contributed by atoms with van der Waals surface area (Å²) in [7, 11) is 0. The van der Waals surface area contributed by atoms with Gasteiger partial charge >= 0.3 is 5.97 Å². The van der Waals surface area contributed by atoms with Crippen molar-refractivity contribution in [2.45, 2.75) is 19.8 Å². The summed E-state index contributed by atoms with van der Waals surface area (Å²) in [6, 6.07) is 0. The number of hydrogen-bond acceptors (Lipinski definition) is 4. The van der Waals surface area contributed by atoms with Crippen LogP contribution in [-0.4, -0.2) is 28.0 Å². The number of aromatic nitrogens is 3. The number of carbonyl (C=O) groups excluding carboxylic acids is 1. The molecule has 0 saturated carbocycles. The Morgan fingerprint density at radius 2 is 2.57 bits per heavy atom. The van der Waals surface area contributed by atoms with Gasteiger partial charge < -0.3 is 4.74 Å². The van der Waals surface area contributed by atoms with E-state index in [4.69, 9.17) is 4.74 Å². The predicted octanol–water partition coefficient (Wildman–Crippen LogP) is 0.857. The molecule has 0 unspecified atom stereocenters. The van der Waals surface area contributed by atoms with E-state index in [0.717, 1.165) is 18.5 Å². The van der Waals surface area contributed by atoms with E-state index < -0.39 is 0 Å². The van der Waals surface area contributed by atoms with Gasteiger partial charge in [-0.05, 0) is 19.8 Å². The maximum absolute atomic E-state index is 10.9. The molecule has 14 heavy (non-hydrogen) atoms. The van der Waals surface area contributed by atoms with E-state index in [1.54, 1.807) is 19.2 Å². The monoisotopic (exact) mass is 195 g/mol. The first kappa shape index (κ1) is 10.4. The molecule has 76 valence electrons. The molecule has 0 amide bonds. The van der Waals surface area contributed by atoms with Crippen molar-refractivity contribution in [1.29, 1.82) is 0 Å². The predicted molar refractivity (Wildman–Crippen MR) is 50.5 cm³/mol. The molecule has 5 heteroatoms. The van der Waals surface area contributed by atoms with Gasteiger partial charge in [-0.1, -0.05) is 11.3 Å². The summed E-state index contributed by atoms with van der Waals surface area (Å²) in [5.41, 5.74) is 0.888. The smallest absolute Gasteiger partial charge is 0.330 e. The van der Waals surface area contributed by atoms with Crippen LogP contribution in [0.15, 0.2) is 18.3 Å². The highest BCUT2D eigenvalue weighted by atomic mass is 16.5. The van der Waals surface area contributed by atoms with Crippen LogP contribution in [0.25, 0.3) is 0 Å². The average Bonchev–Trinajstić information content (AvgIpc) is 2.65. The molecule has 0 atom stereocenters. The van der Waals surface area contributed by atoms with Crippen LogP contribution in [-0.2, 0) is 16.0 Å². The first-order chi connectivity index (χ1) is 6.83. The lowest BCUT2D eigenvalue weighted by Gasteiger charge is -1.93. The molecule has 0 saturated heterocycles. The normalized spacial score (nSPS) is 10.6. The van der Waals surface area contributed by atoms with Crippen molar-refractivity contribution in [3.05, 3.63) is 24.0 Å². The second kappa shape index (κ2) is 5.90. The Morgan fingerprint density at radius 3 is 3.21 bits per heavy atom. The Labute approximate surface area is 82.2 Å². The lowest BCUT2D eigenvalue weighted by atomic mass is 10.2. The van der Waals surface area contributed by atoms with E-state index >= 15 is 0 Å². The van der Waals surface area contributed by atoms with E-state index in [1.807, 2.05) is 0 Å². The van der Waals surface area contributed by atoms with Gasteiger partial charge in [0.1, 0.15) is 0 Å². The van der Waals surface area contributed by atoms with Crippen molar-refractivity contribution in [2.75, 3.05) is 6.61 Å². The van der Waals surface area contributed by atoms with Crippen LogP contribution >= 0.6 is 0 Å². The average molecular weight is 195 g/mol. The molecule has 0 spiro atoms. The number of allylic oxidation sites excluding steroid dienone is 1. The molecule has 0 fully saturated rings. The Balaban J connectivity index is 2.18. The number of nitrogens with one attached hydrogen (secondary N) is 1. The van der Waals surface area contributed by atoms with Crippen LogP contribution in [0, 0.1) is 0 Å².